The summed E-state index contributed by atoms with van der Waals surface area (Å²) in [6.45, 7) is 8.27. The van der Waals surface area contributed by atoms with E-state index in [0.29, 0.717) is 0 Å². The minimum absolute atomic E-state index is 0.124. The van der Waals surface area contributed by atoms with E-state index >= 15 is 0 Å². The van der Waals surface area contributed by atoms with E-state index in [-0.39, 0.29) is 25.6 Å². The minimum atomic E-state index is -3.74. The van der Waals surface area contributed by atoms with Gasteiger partial charge in [-0.3, -0.25) is 8.98 Å². The van der Waals surface area contributed by atoms with Gasteiger partial charge in [0.25, 0.3) is 10.1 Å². The molecule has 0 aromatic carbocycles. The second-order valence-corrected chi connectivity index (χ2v) is 7.16. The van der Waals surface area contributed by atoms with Gasteiger partial charge in [-0.1, -0.05) is 20.8 Å². The fraction of sp³-hybridized carbons (Fsp3) is 0.909. The van der Waals surface area contributed by atoms with Gasteiger partial charge in [-0.15, -0.1) is 0 Å². The molecule has 6 heteroatoms. The molecule has 0 spiro atoms. The van der Waals surface area contributed by atoms with Crippen LogP contribution in [0.1, 0.15) is 41.0 Å². The van der Waals surface area contributed by atoms with Crippen molar-refractivity contribution < 1.29 is 22.1 Å². The number of carbonyl (C=O) groups is 1. The SMILES string of the molecule is CCC(=O)OCC(C)(C)S(=O)(=O)OCC(C)C. The van der Waals surface area contributed by atoms with Crippen molar-refractivity contribution in [2.45, 2.75) is 45.8 Å². The highest BCUT2D eigenvalue weighted by Crippen LogP contribution is 2.20. The highest BCUT2D eigenvalue weighted by molar-refractivity contribution is 7.88. The zero-order valence-corrected chi connectivity index (χ0v) is 12.0. The van der Waals surface area contributed by atoms with E-state index in [9.17, 15) is 13.2 Å². The Kier molecular flexibility index (Phi) is 6.12. The Morgan fingerprint density at radius 3 is 2.24 bits per heavy atom. The second-order valence-electron chi connectivity index (χ2n) is 4.91. The van der Waals surface area contributed by atoms with Crippen LogP contribution in [-0.2, 0) is 23.8 Å². The molecule has 0 aromatic rings. The first-order chi connectivity index (χ1) is 7.62. The maximum Gasteiger partial charge on any atom is 0.305 e. The molecule has 0 rings (SSSR count). The summed E-state index contributed by atoms with van der Waals surface area (Å²) in [7, 11) is -3.74. The minimum Gasteiger partial charge on any atom is -0.464 e. The van der Waals surface area contributed by atoms with Gasteiger partial charge < -0.3 is 4.74 Å². The van der Waals surface area contributed by atoms with Crippen LogP contribution in [-0.4, -0.2) is 32.3 Å². The molecule has 0 fully saturated rings. The molecule has 0 unspecified atom stereocenters. The third-order valence-electron chi connectivity index (χ3n) is 2.10. The van der Waals surface area contributed by atoms with Crippen LogP contribution in [0.15, 0.2) is 0 Å². The average Bonchev–Trinajstić information content (AvgIpc) is 2.23. The predicted octanol–water partition coefficient (Wildman–Crippen LogP) is 1.72. The molecule has 5 nitrogen and oxygen atoms in total. The Bertz CT molecular complexity index is 343. The van der Waals surface area contributed by atoms with Crippen molar-refractivity contribution in [3.05, 3.63) is 0 Å². The zero-order chi connectivity index (χ0) is 13.7. The van der Waals surface area contributed by atoms with E-state index in [1.807, 2.05) is 13.8 Å². The van der Waals surface area contributed by atoms with Gasteiger partial charge >= 0.3 is 5.97 Å². The van der Waals surface area contributed by atoms with E-state index in [4.69, 9.17) is 8.92 Å². The van der Waals surface area contributed by atoms with Crippen LogP contribution in [0.25, 0.3) is 0 Å². The van der Waals surface area contributed by atoms with Crippen molar-refractivity contribution in [3.63, 3.8) is 0 Å². The lowest BCUT2D eigenvalue weighted by molar-refractivity contribution is -0.143. The highest BCUT2D eigenvalue weighted by Gasteiger charge is 2.37. The monoisotopic (exact) mass is 266 g/mol. The molecule has 0 bridgehead atoms. The normalized spacial score (nSPS) is 12.8. The number of esters is 1. The molecule has 0 amide bonds. The van der Waals surface area contributed by atoms with E-state index in [1.54, 1.807) is 6.92 Å². The first kappa shape index (κ1) is 16.4. The molecule has 0 aliphatic heterocycles. The zero-order valence-electron chi connectivity index (χ0n) is 11.1. The summed E-state index contributed by atoms with van der Waals surface area (Å²) in [5.74, 6) is -0.295. The van der Waals surface area contributed by atoms with Crippen LogP contribution >= 0.6 is 0 Å². The molecular weight excluding hydrogens is 244 g/mol. The molecule has 102 valence electrons. The van der Waals surface area contributed by atoms with E-state index in [2.05, 4.69) is 0 Å². The smallest absolute Gasteiger partial charge is 0.305 e. The number of rotatable bonds is 7. The van der Waals surface area contributed by atoms with Crippen LogP contribution in [0.2, 0.25) is 0 Å². The second kappa shape index (κ2) is 6.35. The quantitative estimate of drug-likeness (QED) is 0.518. The molecule has 0 N–H and O–H groups in total. The molecule has 17 heavy (non-hydrogen) atoms. The predicted molar refractivity (Wildman–Crippen MR) is 65.0 cm³/mol. The molecule has 0 radical (unpaired) electrons. The van der Waals surface area contributed by atoms with Gasteiger partial charge in [0.2, 0.25) is 0 Å². The molecule has 0 saturated carbocycles. The Labute approximate surface area is 104 Å². The molecule has 0 heterocycles. The lowest BCUT2D eigenvalue weighted by Crippen LogP contribution is -2.39. The molecule has 0 aromatic heterocycles. The van der Waals surface area contributed by atoms with Gasteiger partial charge in [0.05, 0.1) is 6.61 Å². The van der Waals surface area contributed by atoms with Crippen molar-refractivity contribution in [3.8, 4) is 0 Å². The van der Waals surface area contributed by atoms with Crippen molar-refractivity contribution in [1.29, 1.82) is 0 Å². The fourth-order valence-electron chi connectivity index (χ4n) is 0.814. The summed E-state index contributed by atoms with van der Waals surface area (Å²) in [5, 5.41) is 0. The lowest BCUT2D eigenvalue weighted by atomic mass is 10.2. The van der Waals surface area contributed by atoms with Gasteiger partial charge in [-0.05, 0) is 19.8 Å². The van der Waals surface area contributed by atoms with Crippen LogP contribution in [0, 0.1) is 5.92 Å². The largest absolute Gasteiger partial charge is 0.464 e. The van der Waals surface area contributed by atoms with Crippen molar-refractivity contribution in [2.24, 2.45) is 5.92 Å². The molecule has 0 atom stereocenters. The lowest BCUT2D eigenvalue weighted by Gasteiger charge is -2.24. The van der Waals surface area contributed by atoms with Crippen LogP contribution in [0.4, 0.5) is 0 Å². The van der Waals surface area contributed by atoms with Gasteiger partial charge in [0, 0.05) is 6.42 Å². The van der Waals surface area contributed by atoms with Crippen LogP contribution in [0.5, 0.6) is 0 Å². The van der Waals surface area contributed by atoms with E-state index in [0.717, 1.165) is 0 Å². The summed E-state index contributed by atoms with van der Waals surface area (Å²) < 4.78 is 32.2. The fourth-order valence-corrected chi connectivity index (χ4v) is 1.79. The maximum atomic E-state index is 11.8. The molecule has 0 aliphatic rings. The van der Waals surface area contributed by atoms with Crippen molar-refractivity contribution in [2.75, 3.05) is 13.2 Å². The molecular formula is C11H22O5S. The average molecular weight is 266 g/mol. The van der Waals surface area contributed by atoms with E-state index in [1.165, 1.54) is 13.8 Å². The third kappa shape index (κ3) is 5.50. The first-order valence-electron chi connectivity index (χ1n) is 5.67. The standard InChI is InChI=1S/C11H22O5S/c1-6-10(12)15-8-11(4,5)17(13,14)16-7-9(2)3/h9H,6-8H2,1-5H3. The molecule has 0 saturated heterocycles. The Morgan fingerprint density at radius 2 is 1.82 bits per heavy atom. The Balaban J connectivity index is 4.51. The summed E-state index contributed by atoms with van der Waals surface area (Å²) in [6.07, 6.45) is 0.225. The Hall–Kier alpha value is -0.620. The Morgan fingerprint density at radius 1 is 1.29 bits per heavy atom. The van der Waals surface area contributed by atoms with Gasteiger partial charge in [-0.25, -0.2) is 0 Å². The van der Waals surface area contributed by atoms with Gasteiger partial charge in [0.1, 0.15) is 11.4 Å². The van der Waals surface area contributed by atoms with Crippen LogP contribution in [0.3, 0.4) is 0 Å². The third-order valence-corrected chi connectivity index (χ3v) is 4.02. The van der Waals surface area contributed by atoms with Crippen LogP contribution < -0.4 is 0 Å². The van der Waals surface area contributed by atoms with Crippen molar-refractivity contribution >= 4 is 16.1 Å². The first-order valence-corrected chi connectivity index (χ1v) is 7.08. The summed E-state index contributed by atoms with van der Waals surface area (Å²) in [6, 6.07) is 0. The van der Waals surface area contributed by atoms with E-state index < -0.39 is 20.8 Å². The topological polar surface area (TPSA) is 69.7 Å². The van der Waals surface area contributed by atoms with Gasteiger partial charge in [-0.2, -0.15) is 8.42 Å². The number of carbonyl (C=O) groups excluding carboxylic acids is 1. The summed E-state index contributed by atoms with van der Waals surface area (Å²) in [5.41, 5.74) is 0. The number of hydrogen-bond acceptors (Lipinski definition) is 5. The number of ether oxygens (including phenoxy) is 1. The van der Waals surface area contributed by atoms with Crippen molar-refractivity contribution in [1.82, 2.24) is 0 Å². The summed E-state index contributed by atoms with van der Waals surface area (Å²) >= 11 is 0. The number of hydrogen-bond donors (Lipinski definition) is 0. The highest BCUT2D eigenvalue weighted by atomic mass is 32.2. The maximum absolute atomic E-state index is 11.8. The molecule has 0 aliphatic carbocycles. The van der Waals surface area contributed by atoms with Gasteiger partial charge in [0.15, 0.2) is 0 Å². The summed E-state index contributed by atoms with van der Waals surface area (Å²) in [4.78, 5) is 11.0.